The fraction of sp³-hybridized carbons (Fsp3) is 0.233. The summed E-state index contributed by atoms with van der Waals surface area (Å²) in [6.45, 7) is 3.58. The number of non-ortho nitro benzene ring substituents is 2. The number of hydrogen-bond donors (Lipinski definition) is 1. The lowest BCUT2D eigenvalue weighted by atomic mass is 10.1. The van der Waals surface area contributed by atoms with E-state index < -0.39 is 45.1 Å². The van der Waals surface area contributed by atoms with Crippen LogP contribution in [0.2, 0.25) is 0 Å². The van der Waals surface area contributed by atoms with Crippen LogP contribution < -0.4 is 5.32 Å². The molecular formula is C30H27N5O9S. The lowest BCUT2D eigenvalue weighted by molar-refractivity contribution is -0.393. The fourth-order valence-electron chi connectivity index (χ4n) is 4.23. The number of nitro groups is 2. The van der Waals surface area contributed by atoms with Gasteiger partial charge in [-0.05, 0) is 44.5 Å². The number of benzene rings is 3. The third-order valence-corrected chi connectivity index (χ3v) is 7.29. The Morgan fingerprint density at radius 1 is 0.911 bits per heavy atom. The van der Waals surface area contributed by atoms with Crippen LogP contribution in [0.25, 0.3) is 22.3 Å². The molecule has 1 amide bonds. The number of fused-ring (bicyclic) bond motifs is 1. The van der Waals surface area contributed by atoms with Crippen LogP contribution in [0.5, 0.6) is 0 Å². The minimum atomic E-state index is -1.06. The van der Waals surface area contributed by atoms with Gasteiger partial charge in [0, 0.05) is 28.5 Å². The number of aromatic nitrogens is 2. The average molecular weight is 634 g/mol. The molecule has 1 aromatic heterocycles. The number of amides is 1. The van der Waals surface area contributed by atoms with Gasteiger partial charge >= 0.3 is 17.6 Å². The van der Waals surface area contributed by atoms with Crippen molar-refractivity contribution in [3.63, 3.8) is 0 Å². The monoisotopic (exact) mass is 633 g/mol. The number of hydrogen-bond acceptors (Lipinski definition) is 12. The predicted octanol–water partition coefficient (Wildman–Crippen LogP) is 5.27. The number of nitrogens with one attached hydrogen (secondary N) is 1. The van der Waals surface area contributed by atoms with E-state index in [0.29, 0.717) is 21.2 Å². The van der Waals surface area contributed by atoms with Crippen LogP contribution in [-0.2, 0) is 19.1 Å². The van der Waals surface area contributed by atoms with Crippen molar-refractivity contribution >= 4 is 52.0 Å². The molecule has 0 aliphatic heterocycles. The topological polar surface area (TPSA) is 194 Å². The average Bonchev–Trinajstić information content (AvgIpc) is 3.02. The number of nitrogens with zero attached hydrogens (tertiary/aromatic N) is 4. The largest absolute Gasteiger partial charge is 0.466 e. The molecule has 4 aromatic rings. The van der Waals surface area contributed by atoms with Gasteiger partial charge in [0.25, 0.3) is 11.6 Å². The number of carbonyl (C=O) groups excluding carboxylic acids is 3. The zero-order chi connectivity index (χ0) is 32.5. The first-order valence-electron chi connectivity index (χ1n) is 13.7. The molecule has 0 spiro atoms. The highest BCUT2D eigenvalue weighted by molar-refractivity contribution is 7.99. The highest BCUT2D eigenvalue weighted by atomic mass is 32.2. The molecule has 0 aliphatic rings. The van der Waals surface area contributed by atoms with Gasteiger partial charge in [0.2, 0.25) is 0 Å². The van der Waals surface area contributed by atoms with E-state index in [9.17, 15) is 34.6 Å². The van der Waals surface area contributed by atoms with Crippen molar-refractivity contribution in [2.45, 2.75) is 42.7 Å². The van der Waals surface area contributed by atoms with Crippen molar-refractivity contribution in [3.05, 3.63) is 92.5 Å². The van der Waals surface area contributed by atoms with Crippen molar-refractivity contribution in [1.29, 1.82) is 0 Å². The van der Waals surface area contributed by atoms with E-state index in [-0.39, 0.29) is 42.7 Å². The van der Waals surface area contributed by atoms with Crippen LogP contribution in [0, 0.1) is 20.2 Å². The van der Waals surface area contributed by atoms with E-state index in [1.165, 1.54) is 12.1 Å². The normalized spacial score (nSPS) is 11.4. The summed E-state index contributed by atoms with van der Waals surface area (Å²) in [6, 6.07) is 16.1. The smallest absolute Gasteiger partial charge is 0.328 e. The van der Waals surface area contributed by atoms with E-state index in [1.54, 1.807) is 56.3 Å². The Labute approximate surface area is 260 Å². The molecular weight excluding hydrogens is 606 g/mol. The second-order valence-electron chi connectivity index (χ2n) is 9.34. The van der Waals surface area contributed by atoms with Crippen molar-refractivity contribution in [2.24, 2.45) is 0 Å². The predicted molar refractivity (Wildman–Crippen MR) is 163 cm³/mol. The number of rotatable bonds is 13. The van der Waals surface area contributed by atoms with Crippen LogP contribution in [0.1, 0.15) is 37.0 Å². The molecule has 0 fully saturated rings. The molecule has 0 saturated heterocycles. The summed E-state index contributed by atoms with van der Waals surface area (Å²) in [4.78, 5) is 68.6. The lowest BCUT2D eigenvalue weighted by Gasteiger charge is -2.17. The summed E-state index contributed by atoms with van der Waals surface area (Å²) in [5, 5.41) is 26.1. The van der Waals surface area contributed by atoms with Crippen LogP contribution in [0.15, 0.2) is 76.7 Å². The molecule has 4 rings (SSSR count). The first-order valence-corrected chi connectivity index (χ1v) is 14.5. The Morgan fingerprint density at radius 3 is 2.22 bits per heavy atom. The Balaban J connectivity index is 1.63. The van der Waals surface area contributed by atoms with Crippen molar-refractivity contribution in [1.82, 2.24) is 15.3 Å². The maximum Gasteiger partial charge on any atom is 0.328 e. The highest BCUT2D eigenvalue weighted by Gasteiger charge is 2.26. The fourth-order valence-corrected chi connectivity index (χ4v) is 5.13. The molecule has 15 heteroatoms. The summed E-state index contributed by atoms with van der Waals surface area (Å²) in [5.41, 5.74) is 0.00667. The van der Waals surface area contributed by atoms with E-state index in [2.05, 4.69) is 15.3 Å². The van der Waals surface area contributed by atoms with Crippen molar-refractivity contribution in [2.75, 3.05) is 13.2 Å². The van der Waals surface area contributed by atoms with E-state index in [0.717, 1.165) is 23.9 Å². The van der Waals surface area contributed by atoms with Crippen LogP contribution in [-0.4, -0.2) is 56.9 Å². The minimum absolute atomic E-state index is 0.00341. The number of esters is 2. The molecule has 0 aliphatic carbocycles. The standard InChI is InChI=1S/C30H27N5O9S/c1-3-43-25(36)15-14-22(30(38)44-4-2)31-28(37)19-10-12-21(13-11-19)45-29-26(18-8-6-5-7-9-18)33-27-23(32-29)16-20(34(39)40)17-24(27)35(41)42/h5-13,16-17,22H,3-4,14-15H2,1-2H3,(H,31,37)/t22-/m0/s1. The Bertz CT molecular complexity index is 1750. The highest BCUT2D eigenvalue weighted by Crippen LogP contribution is 2.38. The van der Waals surface area contributed by atoms with E-state index in [1.807, 2.05) is 0 Å². The molecule has 45 heavy (non-hydrogen) atoms. The van der Waals surface area contributed by atoms with Gasteiger partial charge in [-0.3, -0.25) is 29.8 Å². The maximum absolute atomic E-state index is 13.0. The van der Waals surface area contributed by atoms with Gasteiger partial charge in [0.15, 0.2) is 5.52 Å². The number of ether oxygens (including phenoxy) is 2. The lowest BCUT2D eigenvalue weighted by Crippen LogP contribution is -2.42. The number of nitro benzene ring substituents is 2. The SMILES string of the molecule is CCOC(=O)CC[C@H](NC(=O)c1ccc(Sc2nc3cc([N+](=O)[O-])cc([N+](=O)[O-])c3nc2-c2ccccc2)cc1)C(=O)OCC. The molecule has 1 N–H and O–H groups in total. The van der Waals surface area contributed by atoms with E-state index >= 15 is 0 Å². The quantitative estimate of drug-likeness (QED) is 0.114. The zero-order valence-electron chi connectivity index (χ0n) is 24.1. The van der Waals surface area contributed by atoms with Gasteiger partial charge in [-0.1, -0.05) is 42.1 Å². The summed E-state index contributed by atoms with van der Waals surface area (Å²) in [5.74, 6) is -1.74. The molecule has 0 radical (unpaired) electrons. The number of carbonyl (C=O) groups is 3. The van der Waals surface area contributed by atoms with Crippen LogP contribution in [0.3, 0.4) is 0 Å². The first kappa shape index (κ1) is 32.5. The molecule has 3 aromatic carbocycles. The molecule has 1 atom stereocenters. The summed E-state index contributed by atoms with van der Waals surface area (Å²) in [7, 11) is 0. The van der Waals surface area contributed by atoms with Gasteiger partial charge < -0.3 is 14.8 Å². The molecule has 0 saturated carbocycles. The summed E-state index contributed by atoms with van der Waals surface area (Å²) in [6.07, 6.45) is -0.0907. The minimum Gasteiger partial charge on any atom is -0.466 e. The van der Waals surface area contributed by atoms with E-state index in [4.69, 9.17) is 9.47 Å². The van der Waals surface area contributed by atoms with Gasteiger partial charge in [-0.15, -0.1) is 0 Å². The van der Waals surface area contributed by atoms with Gasteiger partial charge in [0.1, 0.15) is 22.3 Å². The molecule has 14 nitrogen and oxygen atoms in total. The molecule has 0 unspecified atom stereocenters. The Hall–Kier alpha value is -5.44. The van der Waals surface area contributed by atoms with Gasteiger partial charge in [0.05, 0.1) is 29.1 Å². The van der Waals surface area contributed by atoms with Gasteiger partial charge in [-0.2, -0.15) is 0 Å². The molecule has 232 valence electrons. The van der Waals surface area contributed by atoms with Gasteiger partial charge in [-0.25, -0.2) is 14.8 Å². The third-order valence-electron chi connectivity index (χ3n) is 6.31. The Morgan fingerprint density at radius 2 is 1.60 bits per heavy atom. The van der Waals surface area contributed by atoms with Crippen LogP contribution >= 0.6 is 11.8 Å². The summed E-state index contributed by atoms with van der Waals surface area (Å²) < 4.78 is 9.94. The maximum atomic E-state index is 13.0. The summed E-state index contributed by atoms with van der Waals surface area (Å²) >= 11 is 1.14. The van der Waals surface area contributed by atoms with Crippen molar-refractivity contribution in [3.8, 4) is 11.3 Å². The van der Waals surface area contributed by atoms with Crippen molar-refractivity contribution < 1.29 is 33.7 Å². The zero-order valence-corrected chi connectivity index (χ0v) is 24.9. The second-order valence-corrected chi connectivity index (χ2v) is 10.4. The Kier molecular flexibility index (Phi) is 10.7. The molecule has 1 heterocycles. The first-order chi connectivity index (χ1) is 21.6. The third kappa shape index (κ3) is 8.14. The molecule has 0 bridgehead atoms. The van der Waals surface area contributed by atoms with Crippen LogP contribution in [0.4, 0.5) is 11.4 Å². The second kappa shape index (κ2) is 14.8.